The Morgan fingerprint density at radius 1 is 0.935 bits per heavy atom. The smallest absolute Gasteiger partial charge is 0.251 e. The van der Waals surface area contributed by atoms with Gasteiger partial charge in [0.1, 0.15) is 12.4 Å². The lowest BCUT2D eigenvalue weighted by molar-refractivity contribution is 0.0928. The van der Waals surface area contributed by atoms with Crippen LogP contribution in [0.5, 0.6) is 5.75 Å². The van der Waals surface area contributed by atoms with Gasteiger partial charge in [0.05, 0.1) is 0 Å². The van der Waals surface area contributed by atoms with Crippen LogP contribution in [0.3, 0.4) is 0 Å². The minimum Gasteiger partial charge on any atom is -0.489 e. The van der Waals surface area contributed by atoms with Crippen LogP contribution in [0.1, 0.15) is 34.3 Å². The summed E-state index contributed by atoms with van der Waals surface area (Å²) in [5.74, 6) is 1.26. The minimum absolute atomic E-state index is 0.0209. The molecule has 0 saturated carbocycles. The zero-order valence-electron chi connectivity index (χ0n) is 17.9. The van der Waals surface area contributed by atoms with Gasteiger partial charge in [0.25, 0.3) is 5.91 Å². The topological polar surface area (TPSA) is 41.6 Å². The van der Waals surface area contributed by atoms with Crippen molar-refractivity contribution in [3.63, 3.8) is 0 Å². The van der Waals surface area contributed by atoms with Crippen molar-refractivity contribution in [3.05, 3.63) is 102 Å². The van der Waals surface area contributed by atoms with Crippen molar-refractivity contribution in [1.82, 2.24) is 10.2 Å². The number of nitrogens with one attached hydrogen (secondary N) is 1. The lowest BCUT2D eigenvalue weighted by Crippen LogP contribution is -2.40. The van der Waals surface area contributed by atoms with Crippen LogP contribution in [0.15, 0.2) is 84.9 Å². The zero-order chi connectivity index (χ0) is 21.3. The van der Waals surface area contributed by atoms with Gasteiger partial charge in [-0.2, -0.15) is 0 Å². The molecule has 1 heterocycles. The maximum atomic E-state index is 12.9. The summed E-state index contributed by atoms with van der Waals surface area (Å²) in [7, 11) is 0. The third-order valence-corrected chi connectivity index (χ3v) is 5.80. The van der Waals surface area contributed by atoms with Gasteiger partial charge in [-0.3, -0.25) is 9.69 Å². The lowest BCUT2D eigenvalue weighted by atomic mass is 9.97. The second-order valence-electron chi connectivity index (χ2n) is 8.20. The fourth-order valence-electron chi connectivity index (χ4n) is 4.18. The first-order valence-electron chi connectivity index (χ1n) is 11.1. The quantitative estimate of drug-likeness (QED) is 0.570. The molecule has 1 saturated heterocycles. The Bertz CT molecular complexity index is 959. The molecule has 0 aliphatic carbocycles. The van der Waals surface area contributed by atoms with Gasteiger partial charge in [-0.05, 0) is 49.1 Å². The minimum atomic E-state index is -0.0209. The number of hydrogen-bond acceptors (Lipinski definition) is 3. The summed E-state index contributed by atoms with van der Waals surface area (Å²) in [5, 5.41) is 3.17. The van der Waals surface area contributed by atoms with Crippen molar-refractivity contribution in [2.24, 2.45) is 5.92 Å². The molecule has 0 spiro atoms. The average Bonchev–Trinajstić information content (AvgIpc) is 2.83. The number of rotatable bonds is 8. The number of benzene rings is 3. The highest BCUT2D eigenvalue weighted by atomic mass is 16.5. The largest absolute Gasteiger partial charge is 0.489 e. The zero-order valence-corrected chi connectivity index (χ0v) is 17.9. The predicted octanol–water partition coefficient (Wildman–Crippen LogP) is 4.91. The van der Waals surface area contributed by atoms with E-state index in [1.54, 1.807) is 0 Å². The van der Waals surface area contributed by atoms with Crippen LogP contribution in [0.4, 0.5) is 0 Å². The number of ether oxygens (including phenoxy) is 1. The third-order valence-electron chi connectivity index (χ3n) is 5.80. The van der Waals surface area contributed by atoms with E-state index in [1.807, 2.05) is 54.6 Å². The number of hydrogen-bond donors (Lipinski definition) is 1. The molecule has 4 rings (SSSR count). The first-order valence-corrected chi connectivity index (χ1v) is 11.1. The summed E-state index contributed by atoms with van der Waals surface area (Å²) in [6, 6.07) is 28.0. The number of amides is 1. The Balaban J connectivity index is 1.30. The van der Waals surface area contributed by atoms with E-state index in [9.17, 15) is 4.79 Å². The van der Waals surface area contributed by atoms with E-state index in [0.717, 1.165) is 37.4 Å². The highest BCUT2D eigenvalue weighted by Crippen LogP contribution is 2.19. The van der Waals surface area contributed by atoms with Gasteiger partial charge < -0.3 is 10.1 Å². The second-order valence-corrected chi connectivity index (χ2v) is 8.20. The van der Waals surface area contributed by atoms with E-state index in [0.29, 0.717) is 24.6 Å². The fourth-order valence-corrected chi connectivity index (χ4v) is 4.18. The van der Waals surface area contributed by atoms with Gasteiger partial charge in [-0.1, -0.05) is 66.7 Å². The van der Waals surface area contributed by atoms with E-state index in [1.165, 1.54) is 12.0 Å². The summed E-state index contributed by atoms with van der Waals surface area (Å²) in [6.07, 6.45) is 2.33. The van der Waals surface area contributed by atoms with Crippen molar-refractivity contribution < 1.29 is 9.53 Å². The Kier molecular flexibility index (Phi) is 7.35. The van der Waals surface area contributed by atoms with E-state index in [4.69, 9.17) is 4.74 Å². The first kappa shape index (κ1) is 21.1. The van der Waals surface area contributed by atoms with E-state index < -0.39 is 0 Å². The maximum absolute atomic E-state index is 12.9. The Morgan fingerprint density at radius 2 is 1.65 bits per heavy atom. The van der Waals surface area contributed by atoms with Crippen LogP contribution in [-0.2, 0) is 13.2 Å². The number of piperidine rings is 1. The summed E-state index contributed by atoms with van der Waals surface area (Å²) >= 11 is 0. The highest BCUT2D eigenvalue weighted by Gasteiger charge is 2.21. The summed E-state index contributed by atoms with van der Waals surface area (Å²) < 4.78 is 5.86. The van der Waals surface area contributed by atoms with Crippen molar-refractivity contribution in [3.8, 4) is 5.75 Å². The molecule has 3 aromatic carbocycles. The predicted molar refractivity (Wildman–Crippen MR) is 124 cm³/mol. The van der Waals surface area contributed by atoms with E-state index >= 15 is 0 Å². The van der Waals surface area contributed by atoms with Gasteiger partial charge >= 0.3 is 0 Å². The molecule has 0 bridgehead atoms. The normalized spacial score (nSPS) is 16.6. The van der Waals surface area contributed by atoms with Crippen molar-refractivity contribution >= 4 is 5.91 Å². The molecule has 1 atom stereocenters. The molecule has 1 aliphatic heterocycles. The van der Waals surface area contributed by atoms with Gasteiger partial charge in [0.15, 0.2) is 0 Å². The maximum Gasteiger partial charge on any atom is 0.251 e. The monoisotopic (exact) mass is 414 g/mol. The average molecular weight is 415 g/mol. The van der Waals surface area contributed by atoms with Gasteiger partial charge in [0.2, 0.25) is 0 Å². The third kappa shape index (κ3) is 6.19. The van der Waals surface area contributed by atoms with Crippen LogP contribution >= 0.6 is 0 Å². The first-order chi connectivity index (χ1) is 15.3. The standard InChI is InChI=1S/C27H30N2O2/c30-27(26-16-8-7-13-24(26)21-31-25-14-5-2-6-15-25)28-18-23-12-9-17-29(20-23)19-22-10-3-1-4-11-22/h1-8,10-11,13-16,23H,9,12,17-21H2,(H,28,30). The molecule has 0 aromatic heterocycles. The number of carbonyl (C=O) groups excluding carboxylic acids is 1. The molecule has 4 nitrogen and oxygen atoms in total. The molecular weight excluding hydrogens is 384 g/mol. The Labute approximate surface area is 184 Å². The molecule has 31 heavy (non-hydrogen) atoms. The van der Waals surface area contributed by atoms with E-state index in [2.05, 4.69) is 40.5 Å². The number of nitrogens with zero attached hydrogens (tertiary/aromatic N) is 1. The molecule has 0 radical (unpaired) electrons. The highest BCUT2D eigenvalue weighted by molar-refractivity contribution is 5.95. The molecule has 1 aliphatic rings. The summed E-state index contributed by atoms with van der Waals surface area (Å²) in [6.45, 7) is 4.21. The summed E-state index contributed by atoms with van der Waals surface area (Å²) in [4.78, 5) is 15.4. The number of likely N-dealkylation sites (tertiary alicyclic amines) is 1. The molecule has 160 valence electrons. The number of carbonyl (C=O) groups is 1. The van der Waals surface area contributed by atoms with Crippen molar-refractivity contribution in [2.45, 2.75) is 26.0 Å². The fraction of sp³-hybridized carbons (Fsp3) is 0.296. The van der Waals surface area contributed by atoms with Gasteiger partial charge in [-0.15, -0.1) is 0 Å². The Hall–Kier alpha value is -3.11. The number of para-hydroxylation sites is 1. The lowest BCUT2D eigenvalue weighted by Gasteiger charge is -2.33. The van der Waals surface area contributed by atoms with E-state index in [-0.39, 0.29) is 5.91 Å². The van der Waals surface area contributed by atoms with Crippen LogP contribution < -0.4 is 10.1 Å². The molecule has 4 heteroatoms. The molecular formula is C27H30N2O2. The molecule has 1 N–H and O–H groups in total. The van der Waals surface area contributed by atoms with Crippen LogP contribution in [0.25, 0.3) is 0 Å². The molecule has 3 aromatic rings. The summed E-state index contributed by atoms with van der Waals surface area (Å²) in [5.41, 5.74) is 2.94. The second kappa shape index (κ2) is 10.8. The van der Waals surface area contributed by atoms with Gasteiger partial charge in [-0.25, -0.2) is 0 Å². The van der Waals surface area contributed by atoms with Crippen molar-refractivity contribution in [1.29, 1.82) is 0 Å². The van der Waals surface area contributed by atoms with Crippen LogP contribution in [0, 0.1) is 5.92 Å². The molecule has 1 unspecified atom stereocenters. The molecule has 1 amide bonds. The van der Waals surface area contributed by atoms with Crippen LogP contribution in [0.2, 0.25) is 0 Å². The van der Waals surface area contributed by atoms with Crippen molar-refractivity contribution in [2.75, 3.05) is 19.6 Å². The van der Waals surface area contributed by atoms with Gasteiger partial charge in [0, 0.05) is 30.8 Å². The molecule has 1 fully saturated rings. The van der Waals surface area contributed by atoms with Crippen LogP contribution in [-0.4, -0.2) is 30.4 Å². The Morgan fingerprint density at radius 3 is 2.45 bits per heavy atom. The SMILES string of the molecule is O=C(NCC1CCCN(Cc2ccccc2)C1)c1ccccc1COc1ccccc1.